The SMILES string of the molecule is Cc1cc(CCN)c(C)n1C(C)C. The van der Waals surface area contributed by atoms with Crippen molar-refractivity contribution in [1.29, 1.82) is 0 Å². The maximum absolute atomic E-state index is 5.56. The van der Waals surface area contributed by atoms with Crippen LogP contribution in [-0.4, -0.2) is 11.1 Å². The third-order valence-corrected chi connectivity index (χ3v) is 2.52. The summed E-state index contributed by atoms with van der Waals surface area (Å²) in [6.45, 7) is 9.51. The van der Waals surface area contributed by atoms with Gasteiger partial charge in [0, 0.05) is 17.4 Å². The molecule has 1 heterocycles. The van der Waals surface area contributed by atoms with Gasteiger partial charge in [0.25, 0.3) is 0 Å². The third kappa shape index (κ3) is 1.94. The molecule has 0 saturated heterocycles. The van der Waals surface area contributed by atoms with Gasteiger partial charge in [-0.05, 0) is 52.3 Å². The molecule has 1 aromatic rings. The topological polar surface area (TPSA) is 30.9 Å². The number of rotatable bonds is 3. The van der Waals surface area contributed by atoms with Crippen LogP contribution in [0.1, 0.15) is 36.8 Å². The Labute approximate surface area is 80.7 Å². The molecule has 0 bridgehead atoms. The van der Waals surface area contributed by atoms with E-state index in [1.807, 2.05) is 0 Å². The third-order valence-electron chi connectivity index (χ3n) is 2.52. The molecule has 0 saturated carbocycles. The van der Waals surface area contributed by atoms with Crippen LogP contribution in [0.3, 0.4) is 0 Å². The van der Waals surface area contributed by atoms with E-state index < -0.39 is 0 Å². The van der Waals surface area contributed by atoms with Crippen LogP contribution in [0.25, 0.3) is 0 Å². The maximum atomic E-state index is 5.56. The second kappa shape index (κ2) is 3.97. The fraction of sp³-hybridized carbons (Fsp3) is 0.636. The normalized spacial score (nSPS) is 11.2. The van der Waals surface area contributed by atoms with E-state index >= 15 is 0 Å². The predicted octanol–water partition coefficient (Wildman–Crippen LogP) is 2.19. The lowest BCUT2D eigenvalue weighted by atomic mass is 10.2. The molecule has 1 rings (SSSR count). The number of aromatic nitrogens is 1. The van der Waals surface area contributed by atoms with Gasteiger partial charge in [0.05, 0.1) is 0 Å². The highest BCUT2D eigenvalue weighted by atomic mass is 15.0. The lowest BCUT2D eigenvalue weighted by Gasteiger charge is -2.13. The Hall–Kier alpha value is -0.760. The molecule has 13 heavy (non-hydrogen) atoms. The predicted molar refractivity (Wildman–Crippen MR) is 57.0 cm³/mol. The molecule has 0 aromatic carbocycles. The summed E-state index contributed by atoms with van der Waals surface area (Å²) < 4.78 is 2.37. The van der Waals surface area contributed by atoms with Gasteiger partial charge in [-0.15, -0.1) is 0 Å². The number of nitrogens with zero attached hydrogens (tertiary/aromatic N) is 1. The highest BCUT2D eigenvalue weighted by molar-refractivity contribution is 5.27. The largest absolute Gasteiger partial charge is 0.346 e. The van der Waals surface area contributed by atoms with Gasteiger partial charge in [-0.1, -0.05) is 0 Å². The van der Waals surface area contributed by atoms with Crippen molar-refractivity contribution < 1.29 is 0 Å². The molecule has 0 fully saturated rings. The van der Waals surface area contributed by atoms with Crippen LogP contribution in [0.15, 0.2) is 6.07 Å². The van der Waals surface area contributed by atoms with E-state index in [0.29, 0.717) is 6.04 Å². The van der Waals surface area contributed by atoms with Crippen molar-refractivity contribution in [2.24, 2.45) is 5.73 Å². The van der Waals surface area contributed by atoms with E-state index in [1.54, 1.807) is 0 Å². The van der Waals surface area contributed by atoms with Gasteiger partial charge in [0.1, 0.15) is 0 Å². The van der Waals surface area contributed by atoms with Crippen molar-refractivity contribution in [3.8, 4) is 0 Å². The second-order valence-electron chi connectivity index (χ2n) is 3.90. The fourth-order valence-corrected chi connectivity index (χ4v) is 2.05. The Morgan fingerprint density at radius 1 is 1.38 bits per heavy atom. The van der Waals surface area contributed by atoms with Crippen molar-refractivity contribution in [2.75, 3.05) is 6.54 Å². The first-order valence-electron chi connectivity index (χ1n) is 4.95. The summed E-state index contributed by atoms with van der Waals surface area (Å²) in [5, 5.41) is 0. The molecular formula is C11H20N2. The van der Waals surface area contributed by atoms with Crippen LogP contribution in [0.5, 0.6) is 0 Å². The lowest BCUT2D eigenvalue weighted by molar-refractivity contribution is 0.573. The smallest absolute Gasteiger partial charge is 0.0279 e. The van der Waals surface area contributed by atoms with Gasteiger partial charge in [-0.25, -0.2) is 0 Å². The van der Waals surface area contributed by atoms with Gasteiger partial charge >= 0.3 is 0 Å². The van der Waals surface area contributed by atoms with Crippen LogP contribution >= 0.6 is 0 Å². The minimum Gasteiger partial charge on any atom is -0.346 e. The van der Waals surface area contributed by atoms with Gasteiger partial charge in [0.2, 0.25) is 0 Å². The van der Waals surface area contributed by atoms with Crippen molar-refractivity contribution >= 4 is 0 Å². The van der Waals surface area contributed by atoms with Crippen LogP contribution < -0.4 is 5.73 Å². The van der Waals surface area contributed by atoms with Crippen LogP contribution in [0, 0.1) is 13.8 Å². The van der Waals surface area contributed by atoms with E-state index in [9.17, 15) is 0 Å². The molecule has 1 aromatic heterocycles. The minimum absolute atomic E-state index is 0.548. The Morgan fingerprint density at radius 3 is 2.38 bits per heavy atom. The Bertz CT molecular complexity index is 285. The maximum Gasteiger partial charge on any atom is 0.0279 e. The standard InChI is InChI=1S/C11H20N2/c1-8(2)13-9(3)7-11(5-6-12)10(13)4/h7-8H,5-6,12H2,1-4H3. The number of hydrogen-bond acceptors (Lipinski definition) is 1. The molecule has 0 amide bonds. The first kappa shape index (κ1) is 10.3. The van der Waals surface area contributed by atoms with Crippen LogP contribution in [-0.2, 0) is 6.42 Å². The Morgan fingerprint density at radius 2 is 2.00 bits per heavy atom. The average molecular weight is 180 g/mol. The summed E-state index contributed by atoms with van der Waals surface area (Å²) in [4.78, 5) is 0. The molecule has 0 unspecified atom stereocenters. The minimum atomic E-state index is 0.548. The zero-order valence-corrected chi connectivity index (χ0v) is 9.09. The highest BCUT2D eigenvalue weighted by Gasteiger charge is 2.09. The molecule has 2 heteroatoms. The summed E-state index contributed by atoms with van der Waals surface area (Å²) in [7, 11) is 0. The van der Waals surface area contributed by atoms with Crippen molar-refractivity contribution in [3.05, 3.63) is 23.0 Å². The first-order valence-corrected chi connectivity index (χ1v) is 4.95. The summed E-state index contributed by atoms with van der Waals surface area (Å²) in [5.41, 5.74) is 9.67. The fourth-order valence-electron chi connectivity index (χ4n) is 2.05. The van der Waals surface area contributed by atoms with Crippen molar-refractivity contribution in [3.63, 3.8) is 0 Å². The van der Waals surface area contributed by atoms with E-state index in [0.717, 1.165) is 13.0 Å². The van der Waals surface area contributed by atoms with E-state index in [-0.39, 0.29) is 0 Å². The zero-order valence-electron chi connectivity index (χ0n) is 9.09. The van der Waals surface area contributed by atoms with E-state index in [4.69, 9.17) is 5.73 Å². The van der Waals surface area contributed by atoms with Crippen molar-refractivity contribution in [2.45, 2.75) is 40.2 Å². The molecule has 0 aliphatic carbocycles. The highest BCUT2D eigenvalue weighted by Crippen LogP contribution is 2.19. The molecule has 0 radical (unpaired) electrons. The Balaban J connectivity index is 3.07. The zero-order chi connectivity index (χ0) is 10.0. The molecule has 0 spiro atoms. The summed E-state index contributed by atoms with van der Waals surface area (Å²) in [6, 6.07) is 2.80. The second-order valence-corrected chi connectivity index (χ2v) is 3.90. The van der Waals surface area contributed by atoms with Crippen LogP contribution in [0.2, 0.25) is 0 Å². The Kier molecular flexibility index (Phi) is 3.15. The lowest BCUT2D eigenvalue weighted by Crippen LogP contribution is -2.07. The quantitative estimate of drug-likeness (QED) is 0.759. The molecule has 2 nitrogen and oxygen atoms in total. The molecule has 2 N–H and O–H groups in total. The van der Waals surface area contributed by atoms with Gasteiger partial charge < -0.3 is 10.3 Å². The van der Waals surface area contributed by atoms with E-state index in [1.165, 1.54) is 17.0 Å². The summed E-state index contributed by atoms with van der Waals surface area (Å²) >= 11 is 0. The average Bonchev–Trinajstić information content (AvgIpc) is 2.28. The molecular weight excluding hydrogens is 160 g/mol. The number of nitrogens with two attached hydrogens (primary N) is 1. The van der Waals surface area contributed by atoms with E-state index in [2.05, 4.69) is 38.3 Å². The van der Waals surface area contributed by atoms with Gasteiger partial charge in [-0.3, -0.25) is 0 Å². The molecule has 0 aliphatic rings. The van der Waals surface area contributed by atoms with Gasteiger partial charge in [-0.2, -0.15) is 0 Å². The molecule has 74 valence electrons. The van der Waals surface area contributed by atoms with Crippen molar-refractivity contribution in [1.82, 2.24) is 4.57 Å². The first-order chi connectivity index (χ1) is 6.07. The summed E-state index contributed by atoms with van der Waals surface area (Å²) in [5.74, 6) is 0. The molecule has 0 aliphatic heterocycles. The van der Waals surface area contributed by atoms with Crippen LogP contribution in [0.4, 0.5) is 0 Å². The molecule has 0 atom stereocenters. The number of aryl methyl sites for hydroxylation is 1. The monoisotopic (exact) mass is 180 g/mol. The van der Waals surface area contributed by atoms with Gasteiger partial charge in [0.15, 0.2) is 0 Å². The number of hydrogen-bond donors (Lipinski definition) is 1. The summed E-state index contributed by atoms with van der Waals surface area (Å²) in [6.07, 6.45) is 0.992.